The molecule has 1 aromatic heterocycles. The second-order valence-electron chi connectivity index (χ2n) is 7.99. The van der Waals surface area contributed by atoms with Gasteiger partial charge in [-0.3, -0.25) is 14.5 Å². The minimum absolute atomic E-state index is 0.0118. The lowest BCUT2D eigenvalue weighted by Gasteiger charge is -2.34. The molecule has 170 valence electrons. The van der Waals surface area contributed by atoms with Gasteiger partial charge in [-0.1, -0.05) is 0 Å². The molecule has 5 rings (SSSR count). The number of nitrogens with one attached hydrogen (secondary N) is 1. The Morgan fingerprint density at radius 3 is 2.67 bits per heavy atom. The first kappa shape index (κ1) is 21.9. The van der Waals surface area contributed by atoms with Crippen LogP contribution < -0.4 is 10.1 Å². The fraction of sp³-hybridized carbons (Fsp3) is 0.292. The normalized spacial score (nSPS) is 16.3. The summed E-state index contributed by atoms with van der Waals surface area (Å²) in [4.78, 5) is 34.7. The van der Waals surface area contributed by atoms with Crippen LogP contribution in [0.3, 0.4) is 0 Å². The highest BCUT2D eigenvalue weighted by Crippen LogP contribution is 2.32. The number of thioether (sulfide) groups is 1. The average Bonchev–Trinajstić information content (AvgIpc) is 3.32. The Hall–Kier alpha value is -2.88. The quantitative estimate of drug-likeness (QED) is 0.599. The fourth-order valence-corrected chi connectivity index (χ4v) is 5.59. The molecule has 0 saturated carbocycles. The van der Waals surface area contributed by atoms with E-state index in [1.807, 2.05) is 41.3 Å². The van der Waals surface area contributed by atoms with Gasteiger partial charge in [-0.15, -0.1) is 23.1 Å². The third-order valence-electron chi connectivity index (χ3n) is 5.79. The average molecular weight is 481 g/mol. The number of ether oxygens (including phenoxy) is 1. The second kappa shape index (κ2) is 9.54. The molecule has 2 aromatic carbocycles. The molecule has 3 aromatic rings. The molecule has 1 N–H and O–H groups in total. The number of methoxy groups -OCH3 is 1. The molecule has 33 heavy (non-hydrogen) atoms. The largest absolute Gasteiger partial charge is 0.497 e. The highest BCUT2D eigenvalue weighted by atomic mass is 32.2. The van der Waals surface area contributed by atoms with E-state index >= 15 is 0 Å². The zero-order valence-electron chi connectivity index (χ0n) is 18.2. The third kappa shape index (κ3) is 4.90. The minimum Gasteiger partial charge on any atom is -0.497 e. The maximum atomic E-state index is 13.0. The van der Waals surface area contributed by atoms with Crippen molar-refractivity contribution in [2.75, 3.05) is 44.4 Å². The molecule has 1 saturated heterocycles. The van der Waals surface area contributed by atoms with Crippen LogP contribution in [0, 0.1) is 0 Å². The molecular formula is C24H24N4O3S2. The monoisotopic (exact) mass is 480 g/mol. The predicted octanol–water partition coefficient (Wildman–Crippen LogP) is 3.82. The van der Waals surface area contributed by atoms with Crippen molar-refractivity contribution < 1.29 is 14.3 Å². The van der Waals surface area contributed by atoms with Crippen LogP contribution in [0.4, 0.5) is 5.69 Å². The zero-order valence-corrected chi connectivity index (χ0v) is 19.9. The van der Waals surface area contributed by atoms with Crippen LogP contribution in [-0.4, -0.2) is 65.6 Å². The molecule has 0 aliphatic carbocycles. The number of hydrogen-bond acceptors (Lipinski definition) is 7. The molecule has 2 amide bonds. The van der Waals surface area contributed by atoms with Gasteiger partial charge in [0, 0.05) is 54.1 Å². The summed E-state index contributed by atoms with van der Waals surface area (Å²) in [6.07, 6.45) is 0. The summed E-state index contributed by atoms with van der Waals surface area (Å²) in [5.41, 5.74) is 3.49. The van der Waals surface area contributed by atoms with Gasteiger partial charge in [-0.2, -0.15) is 0 Å². The van der Waals surface area contributed by atoms with Crippen molar-refractivity contribution in [2.45, 2.75) is 11.4 Å². The van der Waals surface area contributed by atoms with E-state index in [2.05, 4.69) is 15.6 Å². The maximum Gasteiger partial charge on any atom is 0.254 e. The Labute approximate surface area is 200 Å². The number of rotatable bonds is 5. The van der Waals surface area contributed by atoms with Crippen molar-refractivity contribution in [3.63, 3.8) is 0 Å². The van der Waals surface area contributed by atoms with E-state index in [0.29, 0.717) is 24.4 Å². The number of amides is 2. The van der Waals surface area contributed by atoms with Crippen molar-refractivity contribution in [3.05, 3.63) is 59.1 Å². The minimum atomic E-state index is -0.0251. The molecule has 1 fully saturated rings. The van der Waals surface area contributed by atoms with Crippen LogP contribution in [0.1, 0.15) is 16.1 Å². The molecule has 0 bridgehead atoms. The SMILES string of the molecule is COc1ccc(-c2nc(CN3CCN(C(=O)c4ccc5c(c4)NC(=O)CS5)CC3)cs2)cc1. The predicted molar refractivity (Wildman–Crippen MR) is 131 cm³/mol. The number of anilines is 1. The number of benzene rings is 2. The van der Waals surface area contributed by atoms with Gasteiger partial charge in [-0.25, -0.2) is 4.98 Å². The van der Waals surface area contributed by atoms with Gasteiger partial charge in [0.2, 0.25) is 5.91 Å². The van der Waals surface area contributed by atoms with Gasteiger partial charge in [0.1, 0.15) is 10.8 Å². The van der Waals surface area contributed by atoms with E-state index in [4.69, 9.17) is 9.72 Å². The van der Waals surface area contributed by atoms with Gasteiger partial charge < -0.3 is 15.0 Å². The number of aromatic nitrogens is 1. The van der Waals surface area contributed by atoms with E-state index in [9.17, 15) is 9.59 Å². The van der Waals surface area contributed by atoms with Gasteiger partial charge >= 0.3 is 0 Å². The molecule has 0 radical (unpaired) electrons. The number of fused-ring (bicyclic) bond motifs is 1. The van der Waals surface area contributed by atoms with Gasteiger partial charge in [0.05, 0.1) is 24.2 Å². The van der Waals surface area contributed by atoms with Gasteiger partial charge in [-0.05, 0) is 42.5 Å². The number of thiazole rings is 1. The van der Waals surface area contributed by atoms with Crippen LogP contribution in [-0.2, 0) is 11.3 Å². The Bertz CT molecular complexity index is 1170. The number of piperazine rings is 1. The lowest BCUT2D eigenvalue weighted by Crippen LogP contribution is -2.48. The Kier molecular flexibility index (Phi) is 6.34. The number of carbonyl (C=O) groups is 2. The van der Waals surface area contributed by atoms with Crippen molar-refractivity contribution in [2.24, 2.45) is 0 Å². The summed E-state index contributed by atoms with van der Waals surface area (Å²) in [7, 11) is 1.66. The molecule has 3 heterocycles. The summed E-state index contributed by atoms with van der Waals surface area (Å²) in [5.74, 6) is 1.24. The number of nitrogens with zero attached hydrogens (tertiary/aromatic N) is 3. The van der Waals surface area contributed by atoms with E-state index < -0.39 is 0 Å². The van der Waals surface area contributed by atoms with Crippen molar-refractivity contribution in [3.8, 4) is 16.3 Å². The van der Waals surface area contributed by atoms with Crippen molar-refractivity contribution in [1.82, 2.24) is 14.8 Å². The molecule has 0 spiro atoms. The Balaban J connectivity index is 1.17. The summed E-state index contributed by atoms with van der Waals surface area (Å²) >= 11 is 3.15. The van der Waals surface area contributed by atoms with Crippen LogP contribution in [0.5, 0.6) is 5.75 Å². The Morgan fingerprint density at radius 2 is 1.91 bits per heavy atom. The molecule has 2 aliphatic rings. The summed E-state index contributed by atoms with van der Waals surface area (Å²) in [6.45, 7) is 3.73. The lowest BCUT2D eigenvalue weighted by molar-refractivity contribution is -0.113. The highest BCUT2D eigenvalue weighted by molar-refractivity contribution is 8.00. The zero-order chi connectivity index (χ0) is 22.8. The highest BCUT2D eigenvalue weighted by Gasteiger charge is 2.24. The van der Waals surface area contributed by atoms with E-state index in [1.165, 1.54) is 11.8 Å². The van der Waals surface area contributed by atoms with E-state index in [1.54, 1.807) is 24.5 Å². The standard InChI is InChI=1S/C24H24N4O3S2/c1-31-19-5-2-16(3-6-19)23-25-18(14-33-23)13-27-8-10-28(11-9-27)24(30)17-4-7-21-20(12-17)26-22(29)15-32-21/h2-7,12,14H,8-11,13,15H2,1H3,(H,26,29). The lowest BCUT2D eigenvalue weighted by atomic mass is 10.1. The molecular weight excluding hydrogens is 456 g/mol. The van der Waals surface area contributed by atoms with Crippen LogP contribution in [0.15, 0.2) is 52.7 Å². The fourth-order valence-electron chi connectivity index (χ4n) is 3.98. The van der Waals surface area contributed by atoms with Crippen LogP contribution >= 0.6 is 23.1 Å². The molecule has 0 atom stereocenters. The summed E-state index contributed by atoms with van der Waals surface area (Å²) in [6, 6.07) is 13.5. The first-order valence-electron chi connectivity index (χ1n) is 10.8. The Morgan fingerprint density at radius 1 is 1.12 bits per heavy atom. The molecule has 2 aliphatic heterocycles. The third-order valence-corrected chi connectivity index (χ3v) is 7.81. The smallest absolute Gasteiger partial charge is 0.254 e. The molecule has 7 nitrogen and oxygen atoms in total. The first-order chi connectivity index (χ1) is 16.1. The van der Waals surface area contributed by atoms with Gasteiger partial charge in [0.25, 0.3) is 5.91 Å². The summed E-state index contributed by atoms with van der Waals surface area (Å²) in [5, 5.41) is 5.97. The van der Waals surface area contributed by atoms with Crippen molar-refractivity contribution >= 4 is 40.6 Å². The summed E-state index contributed by atoms with van der Waals surface area (Å²) < 4.78 is 5.22. The van der Waals surface area contributed by atoms with Crippen molar-refractivity contribution in [1.29, 1.82) is 0 Å². The van der Waals surface area contributed by atoms with Crippen LogP contribution in [0.2, 0.25) is 0 Å². The number of carbonyl (C=O) groups excluding carboxylic acids is 2. The molecule has 9 heteroatoms. The second-order valence-corrected chi connectivity index (χ2v) is 9.86. The number of hydrogen-bond donors (Lipinski definition) is 1. The van der Waals surface area contributed by atoms with E-state index in [0.717, 1.165) is 52.2 Å². The van der Waals surface area contributed by atoms with Crippen LogP contribution in [0.25, 0.3) is 10.6 Å². The van der Waals surface area contributed by atoms with Gasteiger partial charge in [0.15, 0.2) is 0 Å². The topological polar surface area (TPSA) is 74.8 Å². The molecule has 0 unspecified atom stereocenters. The first-order valence-corrected chi connectivity index (χ1v) is 12.6. The maximum absolute atomic E-state index is 13.0. The van der Waals surface area contributed by atoms with E-state index in [-0.39, 0.29) is 11.8 Å².